The number of hydrogen-bond donors (Lipinski definition) is 0. The molecule has 0 unspecified atom stereocenters. The number of hydrogen-bond acceptors (Lipinski definition) is 4. The van der Waals surface area contributed by atoms with Crippen LogP contribution >= 0.6 is 0 Å². The largest absolute Gasteiger partial charge is 0.337 e. The van der Waals surface area contributed by atoms with Crippen LogP contribution < -0.4 is 0 Å². The molecule has 0 aliphatic carbocycles. The summed E-state index contributed by atoms with van der Waals surface area (Å²) in [6, 6.07) is 9.04. The molecule has 1 aromatic carbocycles. The number of amides is 1. The lowest BCUT2D eigenvalue weighted by molar-refractivity contribution is 0.0671. The maximum absolute atomic E-state index is 12.7. The minimum atomic E-state index is 0.00804. The number of carbonyl (C=O) groups excluding carboxylic acids is 1. The predicted molar refractivity (Wildman–Crippen MR) is 84.8 cm³/mol. The van der Waals surface area contributed by atoms with Crippen molar-refractivity contribution in [2.45, 2.75) is 32.7 Å². The van der Waals surface area contributed by atoms with E-state index in [1.165, 1.54) is 0 Å². The van der Waals surface area contributed by atoms with E-state index in [4.69, 9.17) is 5.26 Å². The van der Waals surface area contributed by atoms with Crippen molar-refractivity contribution in [3.63, 3.8) is 0 Å². The van der Waals surface area contributed by atoms with Crippen LogP contribution in [-0.2, 0) is 0 Å². The van der Waals surface area contributed by atoms with Crippen molar-refractivity contribution in [3.05, 3.63) is 47.0 Å². The Labute approximate surface area is 135 Å². The van der Waals surface area contributed by atoms with Gasteiger partial charge in [-0.3, -0.25) is 4.79 Å². The molecule has 2 heterocycles. The van der Waals surface area contributed by atoms with Crippen molar-refractivity contribution in [2.24, 2.45) is 0 Å². The van der Waals surface area contributed by atoms with E-state index >= 15 is 0 Å². The van der Waals surface area contributed by atoms with Gasteiger partial charge in [-0.1, -0.05) is 0 Å². The molecule has 23 heavy (non-hydrogen) atoms. The van der Waals surface area contributed by atoms with Crippen molar-refractivity contribution >= 4 is 5.91 Å². The van der Waals surface area contributed by atoms with Gasteiger partial charge in [-0.25, -0.2) is 9.67 Å². The lowest BCUT2D eigenvalue weighted by atomic mass is 10.0. The molecule has 0 spiro atoms. The molecule has 3 rings (SSSR count). The first-order valence-corrected chi connectivity index (χ1v) is 7.77. The number of carbonyl (C=O) groups is 1. The molecule has 2 aromatic rings. The predicted octanol–water partition coefficient (Wildman–Crippen LogP) is 2.24. The van der Waals surface area contributed by atoms with Crippen molar-refractivity contribution in [1.82, 2.24) is 19.7 Å². The van der Waals surface area contributed by atoms with Crippen LogP contribution in [0.3, 0.4) is 0 Å². The zero-order valence-corrected chi connectivity index (χ0v) is 13.4. The Kier molecular flexibility index (Phi) is 4.11. The van der Waals surface area contributed by atoms with Gasteiger partial charge in [0.2, 0.25) is 0 Å². The average molecular weight is 309 g/mol. The van der Waals surface area contributed by atoms with Crippen LogP contribution in [0.2, 0.25) is 0 Å². The summed E-state index contributed by atoms with van der Waals surface area (Å²) < 4.78 is 1.94. The number of piperidine rings is 1. The molecule has 0 saturated carbocycles. The highest BCUT2D eigenvalue weighted by Crippen LogP contribution is 2.23. The topological polar surface area (TPSA) is 74.8 Å². The third-order valence-electron chi connectivity index (χ3n) is 4.20. The Morgan fingerprint density at radius 2 is 2.04 bits per heavy atom. The molecule has 1 aromatic heterocycles. The van der Waals surface area contributed by atoms with E-state index in [1.807, 2.05) is 23.4 Å². The van der Waals surface area contributed by atoms with Gasteiger partial charge < -0.3 is 4.90 Å². The smallest absolute Gasteiger partial charge is 0.253 e. The van der Waals surface area contributed by atoms with Gasteiger partial charge in [0.05, 0.1) is 17.7 Å². The first kappa shape index (κ1) is 15.2. The molecular weight excluding hydrogens is 290 g/mol. The lowest BCUT2D eigenvalue weighted by Gasteiger charge is -2.33. The number of aryl methyl sites for hydroxylation is 2. The van der Waals surface area contributed by atoms with Crippen molar-refractivity contribution in [2.75, 3.05) is 13.1 Å². The van der Waals surface area contributed by atoms with Crippen LogP contribution in [0.4, 0.5) is 0 Å². The standard InChI is InChI=1S/C17H19N5O/c1-12-19-13(2)22(20-12)16-4-3-9-21(11-16)17(23)15-7-5-14(10-18)6-8-15/h5-8,16H,3-4,9,11H2,1-2H3/t16-/m0/s1. The zero-order valence-electron chi connectivity index (χ0n) is 13.4. The summed E-state index contributed by atoms with van der Waals surface area (Å²) >= 11 is 0. The summed E-state index contributed by atoms with van der Waals surface area (Å²) in [4.78, 5) is 18.9. The van der Waals surface area contributed by atoms with Crippen LogP contribution in [-0.4, -0.2) is 38.7 Å². The molecular formula is C17H19N5O. The highest BCUT2D eigenvalue weighted by molar-refractivity contribution is 5.94. The molecule has 118 valence electrons. The van der Waals surface area contributed by atoms with E-state index < -0.39 is 0 Å². The molecule has 1 aliphatic rings. The van der Waals surface area contributed by atoms with E-state index in [2.05, 4.69) is 16.2 Å². The zero-order chi connectivity index (χ0) is 16.4. The third kappa shape index (κ3) is 3.09. The van der Waals surface area contributed by atoms with Crippen LogP contribution in [0, 0.1) is 25.2 Å². The maximum Gasteiger partial charge on any atom is 0.253 e. The average Bonchev–Trinajstić information content (AvgIpc) is 2.93. The van der Waals surface area contributed by atoms with Gasteiger partial charge in [0.1, 0.15) is 11.6 Å². The van der Waals surface area contributed by atoms with E-state index in [9.17, 15) is 4.79 Å². The molecule has 0 radical (unpaired) electrons. The highest BCUT2D eigenvalue weighted by atomic mass is 16.2. The number of nitrogens with zero attached hydrogens (tertiary/aromatic N) is 5. The molecule has 6 heteroatoms. The minimum Gasteiger partial charge on any atom is -0.337 e. The Morgan fingerprint density at radius 3 is 2.65 bits per heavy atom. The van der Waals surface area contributed by atoms with Gasteiger partial charge >= 0.3 is 0 Å². The summed E-state index contributed by atoms with van der Waals surface area (Å²) in [6.07, 6.45) is 1.95. The van der Waals surface area contributed by atoms with Gasteiger partial charge in [0, 0.05) is 18.7 Å². The van der Waals surface area contributed by atoms with Crippen LogP contribution in [0.5, 0.6) is 0 Å². The fourth-order valence-corrected chi connectivity index (χ4v) is 3.09. The Morgan fingerprint density at radius 1 is 1.30 bits per heavy atom. The van der Waals surface area contributed by atoms with Crippen LogP contribution in [0.15, 0.2) is 24.3 Å². The number of benzene rings is 1. The summed E-state index contributed by atoms with van der Waals surface area (Å²) in [5.74, 6) is 1.66. The van der Waals surface area contributed by atoms with Gasteiger partial charge in [0.15, 0.2) is 0 Å². The van der Waals surface area contributed by atoms with Gasteiger partial charge in [-0.2, -0.15) is 10.4 Å². The second kappa shape index (κ2) is 6.21. The number of nitriles is 1. The molecule has 1 saturated heterocycles. The van der Waals surface area contributed by atoms with Gasteiger partial charge in [0.25, 0.3) is 5.91 Å². The number of rotatable bonds is 2. The quantitative estimate of drug-likeness (QED) is 0.852. The lowest BCUT2D eigenvalue weighted by Crippen LogP contribution is -2.41. The second-order valence-corrected chi connectivity index (χ2v) is 5.89. The number of aromatic nitrogens is 3. The minimum absolute atomic E-state index is 0.00804. The summed E-state index contributed by atoms with van der Waals surface area (Å²) in [7, 11) is 0. The number of likely N-dealkylation sites (tertiary alicyclic amines) is 1. The molecule has 0 N–H and O–H groups in total. The van der Waals surface area contributed by atoms with Gasteiger partial charge in [-0.05, 0) is 51.0 Å². The molecule has 6 nitrogen and oxygen atoms in total. The fraction of sp³-hybridized carbons (Fsp3) is 0.412. The maximum atomic E-state index is 12.7. The summed E-state index contributed by atoms with van der Waals surface area (Å²) in [5.41, 5.74) is 1.18. The van der Waals surface area contributed by atoms with E-state index in [0.717, 1.165) is 31.0 Å². The Hall–Kier alpha value is -2.68. The SMILES string of the molecule is Cc1nc(C)n([C@H]2CCCN(C(=O)c3ccc(C#N)cc3)C2)n1. The fourth-order valence-electron chi connectivity index (χ4n) is 3.09. The summed E-state index contributed by atoms with van der Waals surface area (Å²) in [5, 5.41) is 13.3. The Bertz CT molecular complexity index is 756. The second-order valence-electron chi connectivity index (χ2n) is 5.89. The Balaban J connectivity index is 1.76. The molecule has 0 bridgehead atoms. The van der Waals surface area contributed by atoms with Gasteiger partial charge in [-0.15, -0.1) is 0 Å². The van der Waals surface area contributed by atoms with Crippen molar-refractivity contribution in [3.8, 4) is 6.07 Å². The molecule has 1 aliphatic heterocycles. The highest BCUT2D eigenvalue weighted by Gasteiger charge is 2.27. The first-order valence-electron chi connectivity index (χ1n) is 7.77. The molecule has 1 amide bonds. The molecule has 1 fully saturated rings. The summed E-state index contributed by atoms with van der Waals surface area (Å²) in [6.45, 7) is 5.22. The van der Waals surface area contributed by atoms with E-state index in [0.29, 0.717) is 17.7 Å². The van der Waals surface area contributed by atoms with E-state index in [1.54, 1.807) is 24.3 Å². The van der Waals surface area contributed by atoms with Crippen LogP contribution in [0.25, 0.3) is 0 Å². The van der Waals surface area contributed by atoms with Crippen molar-refractivity contribution < 1.29 is 4.79 Å². The molecule has 1 atom stereocenters. The third-order valence-corrected chi connectivity index (χ3v) is 4.20. The van der Waals surface area contributed by atoms with Crippen LogP contribution in [0.1, 0.15) is 46.5 Å². The normalized spacial score (nSPS) is 17.8. The van der Waals surface area contributed by atoms with E-state index in [-0.39, 0.29) is 11.9 Å². The monoisotopic (exact) mass is 309 g/mol. The van der Waals surface area contributed by atoms with Crippen molar-refractivity contribution in [1.29, 1.82) is 5.26 Å². The first-order chi connectivity index (χ1) is 11.1.